The summed E-state index contributed by atoms with van der Waals surface area (Å²) in [7, 11) is 0. The van der Waals surface area contributed by atoms with Gasteiger partial charge in [0.25, 0.3) is 6.43 Å². The average molecular weight is 280 g/mol. The fourth-order valence-electron chi connectivity index (χ4n) is 2.11. The van der Waals surface area contributed by atoms with Gasteiger partial charge in [-0.2, -0.15) is 0 Å². The maximum absolute atomic E-state index is 13.1. The van der Waals surface area contributed by atoms with Gasteiger partial charge in [0.15, 0.2) is 0 Å². The molecule has 0 aliphatic carbocycles. The number of hydrogen-bond donors (Lipinski definition) is 1. The zero-order chi connectivity index (χ0) is 14.7. The van der Waals surface area contributed by atoms with E-state index in [1.165, 1.54) is 18.2 Å². The van der Waals surface area contributed by atoms with Gasteiger partial charge in [0, 0.05) is 23.5 Å². The van der Waals surface area contributed by atoms with Crippen LogP contribution in [-0.2, 0) is 0 Å². The van der Waals surface area contributed by atoms with Crippen molar-refractivity contribution in [1.29, 1.82) is 0 Å². The lowest BCUT2D eigenvalue weighted by atomic mass is 10.1. The second kappa shape index (κ2) is 5.86. The maximum atomic E-state index is 13.1. The Kier molecular flexibility index (Phi) is 4.17. The molecule has 2 N–H and O–H groups in total. The van der Waals surface area contributed by atoms with Crippen molar-refractivity contribution in [2.75, 3.05) is 17.2 Å². The van der Waals surface area contributed by atoms with Gasteiger partial charge in [-0.15, -0.1) is 0 Å². The van der Waals surface area contributed by atoms with Gasteiger partial charge in [-0.05, 0) is 49.4 Å². The molecule has 0 aromatic heterocycles. The van der Waals surface area contributed by atoms with E-state index in [9.17, 15) is 13.2 Å². The zero-order valence-electron chi connectivity index (χ0n) is 11.0. The van der Waals surface area contributed by atoms with Crippen molar-refractivity contribution in [3.05, 3.63) is 53.8 Å². The minimum atomic E-state index is -2.62. The molecule has 0 saturated carbocycles. The number of halogens is 3. The largest absolute Gasteiger partial charge is 0.399 e. The molecule has 0 spiro atoms. The van der Waals surface area contributed by atoms with Crippen LogP contribution in [0.3, 0.4) is 0 Å². The highest BCUT2D eigenvalue weighted by molar-refractivity contribution is 5.69. The first-order valence-electron chi connectivity index (χ1n) is 6.23. The predicted octanol–water partition coefficient (Wildman–Crippen LogP) is 4.50. The molecule has 0 unspecified atom stereocenters. The van der Waals surface area contributed by atoms with Crippen LogP contribution in [0, 0.1) is 5.82 Å². The molecular formula is C15H15F3N2. The van der Waals surface area contributed by atoms with Crippen molar-refractivity contribution in [3.8, 4) is 0 Å². The highest BCUT2D eigenvalue weighted by Crippen LogP contribution is 2.35. The molecule has 0 fully saturated rings. The summed E-state index contributed by atoms with van der Waals surface area (Å²) in [5.74, 6) is -0.365. The summed E-state index contributed by atoms with van der Waals surface area (Å²) >= 11 is 0. The van der Waals surface area contributed by atoms with Gasteiger partial charge in [-0.3, -0.25) is 0 Å². The second-order valence-electron chi connectivity index (χ2n) is 4.34. The number of nitrogens with zero attached hydrogens (tertiary/aromatic N) is 1. The number of rotatable bonds is 4. The normalized spacial score (nSPS) is 10.8. The summed E-state index contributed by atoms with van der Waals surface area (Å²) in [4.78, 5) is 1.69. The summed E-state index contributed by atoms with van der Waals surface area (Å²) in [6.45, 7) is 2.32. The number of nitrogens with two attached hydrogens (primary N) is 1. The van der Waals surface area contributed by atoms with Gasteiger partial charge in [0.05, 0.1) is 5.69 Å². The molecule has 2 rings (SSSR count). The summed E-state index contributed by atoms with van der Waals surface area (Å²) in [5, 5.41) is 0. The van der Waals surface area contributed by atoms with Gasteiger partial charge < -0.3 is 10.6 Å². The smallest absolute Gasteiger partial charge is 0.265 e. The molecule has 20 heavy (non-hydrogen) atoms. The minimum Gasteiger partial charge on any atom is -0.399 e. The SMILES string of the molecule is CCN(c1ccc(F)cc1)c1ccc(N)cc1C(F)F. The van der Waals surface area contributed by atoms with Crippen LogP contribution in [0.25, 0.3) is 0 Å². The Hall–Kier alpha value is -2.17. The van der Waals surface area contributed by atoms with E-state index in [4.69, 9.17) is 5.73 Å². The molecule has 106 valence electrons. The third-order valence-corrected chi connectivity index (χ3v) is 3.03. The highest BCUT2D eigenvalue weighted by atomic mass is 19.3. The predicted molar refractivity (Wildman–Crippen MR) is 74.9 cm³/mol. The van der Waals surface area contributed by atoms with Crippen LogP contribution in [0.15, 0.2) is 42.5 Å². The monoisotopic (exact) mass is 280 g/mol. The average Bonchev–Trinajstić information content (AvgIpc) is 2.43. The number of benzene rings is 2. The van der Waals surface area contributed by atoms with Crippen LogP contribution >= 0.6 is 0 Å². The zero-order valence-corrected chi connectivity index (χ0v) is 11.0. The Morgan fingerprint density at radius 1 is 1.10 bits per heavy atom. The lowest BCUT2D eigenvalue weighted by molar-refractivity contribution is 0.152. The van der Waals surface area contributed by atoms with E-state index in [1.54, 1.807) is 29.2 Å². The van der Waals surface area contributed by atoms with Crippen LogP contribution in [0.5, 0.6) is 0 Å². The van der Waals surface area contributed by atoms with E-state index in [0.717, 1.165) is 0 Å². The maximum Gasteiger partial charge on any atom is 0.265 e. The van der Waals surface area contributed by atoms with E-state index >= 15 is 0 Å². The highest BCUT2D eigenvalue weighted by Gasteiger charge is 2.18. The van der Waals surface area contributed by atoms with E-state index in [1.807, 2.05) is 6.92 Å². The number of alkyl halides is 2. The van der Waals surface area contributed by atoms with E-state index in [-0.39, 0.29) is 11.4 Å². The quantitative estimate of drug-likeness (QED) is 0.835. The molecule has 0 aliphatic heterocycles. The molecule has 0 radical (unpaired) electrons. The summed E-state index contributed by atoms with van der Waals surface area (Å²) < 4.78 is 39.2. The van der Waals surface area contributed by atoms with E-state index in [2.05, 4.69) is 0 Å². The van der Waals surface area contributed by atoms with Gasteiger partial charge >= 0.3 is 0 Å². The Balaban J connectivity index is 2.49. The number of nitrogen functional groups attached to an aromatic ring is 1. The Morgan fingerprint density at radius 2 is 1.75 bits per heavy atom. The van der Waals surface area contributed by atoms with Crippen LogP contribution in [0.4, 0.5) is 30.2 Å². The molecule has 0 heterocycles. The van der Waals surface area contributed by atoms with Crippen molar-refractivity contribution in [1.82, 2.24) is 0 Å². The Labute approximate surface area is 115 Å². The first kappa shape index (κ1) is 14.2. The molecule has 2 aromatic carbocycles. The summed E-state index contributed by atoms with van der Waals surface area (Å²) in [6, 6.07) is 10.1. The molecule has 0 amide bonds. The Bertz CT molecular complexity index is 582. The molecule has 2 aromatic rings. The molecule has 0 aliphatic rings. The lowest BCUT2D eigenvalue weighted by Crippen LogP contribution is -2.18. The fraction of sp³-hybridized carbons (Fsp3) is 0.200. The summed E-state index contributed by atoms with van der Waals surface area (Å²) in [6.07, 6.45) is -2.62. The fourth-order valence-corrected chi connectivity index (χ4v) is 2.11. The van der Waals surface area contributed by atoms with Crippen molar-refractivity contribution in [2.45, 2.75) is 13.3 Å². The molecular weight excluding hydrogens is 265 g/mol. The van der Waals surface area contributed by atoms with Crippen molar-refractivity contribution < 1.29 is 13.2 Å². The first-order valence-corrected chi connectivity index (χ1v) is 6.23. The third kappa shape index (κ3) is 2.87. The number of anilines is 3. The van der Waals surface area contributed by atoms with E-state index < -0.39 is 6.43 Å². The molecule has 5 heteroatoms. The van der Waals surface area contributed by atoms with Crippen LogP contribution in [-0.4, -0.2) is 6.54 Å². The van der Waals surface area contributed by atoms with Crippen LogP contribution in [0.2, 0.25) is 0 Å². The van der Waals surface area contributed by atoms with Gasteiger partial charge in [0.1, 0.15) is 5.82 Å². The van der Waals surface area contributed by atoms with E-state index in [0.29, 0.717) is 23.6 Å². The molecule has 0 bridgehead atoms. The third-order valence-electron chi connectivity index (χ3n) is 3.03. The van der Waals surface area contributed by atoms with Crippen molar-refractivity contribution in [3.63, 3.8) is 0 Å². The number of hydrogen-bond acceptors (Lipinski definition) is 2. The van der Waals surface area contributed by atoms with Gasteiger partial charge in [0.2, 0.25) is 0 Å². The van der Waals surface area contributed by atoms with Crippen LogP contribution < -0.4 is 10.6 Å². The van der Waals surface area contributed by atoms with Crippen LogP contribution in [0.1, 0.15) is 18.9 Å². The first-order chi connectivity index (χ1) is 9.52. The molecule has 0 atom stereocenters. The standard InChI is InChI=1S/C15H15F3N2/c1-2-20(12-6-3-10(16)4-7-12)14-8-5-11(19)9-13(14)15(17)18/h3-9,15H,2,19H2,1H3. The van der Waals surface area contributed by atoms with Gasteiger partial charge in [-0.1, -0.05) is 0 Å². The lowest BCUT2D eigenvalue weighted by Gasteiger charge is -2.26. The van der Waals surface area contributed by atoms with Crippen molar-refractivity contribution in [2.24, 2.45) is 0 Å². The topological polar surface area (TPSA) is 29.3 Å². The second-order valence-corrected chi connectivity index (χ2v) is 4.34. The Morgan fingerprint density at radius 3 is 2.30 bits per heavy atom. The minimum absolute atomic E-state index is 0.129. The molecule has 2 nitrogen and oxygen atoms in total. The summed E-state index contributed by atoms with van der Waals surface area (Å²) in [5.41, 5.74) is 6.76. The van der Waals surface area contributed by atoms with Gasteiger partial charge in [-0.25, -0.2) is 13.2 Å². The van der Waals surface area contributed by atoms with Crippen molar-refractivity contribution >= 4 is 17.1 Å². The molecule has 0 saturated heterocycles.